The van der Waals surface area contributed by atoms with E-state index in [4.69, 9.17) is 16.3 Å². The molecular weight excluding hydrogens is 252 g/mol. The largest absolute Gasteiger partial charge is 0.377 e. The molecule has 0 bridgehead atoms. The molecule has 1 N–H and O–H groups in total. The van der Waals surface area contributed by atoms with Crippen LogP contribution in [0.4, 0.5) is 10.5 Å². The molecule has 1 saturated heterocycles. The Kier molecular flexibility index (Phi) is 4.09. The molecule has 0 spiro atoms. The average molecular weight is 269 g/mol. The van der Waals surface area contributed by atoms with Crippen LogP contribution in [0.2, 0.25) is 5.02 Å². The smallest absolute Gasteiger partial charge is 0.322 e. The van der Waals surface area contributed by atoms with Gasteiger partial charge in [-0.15, -0.1) is 0 Å². The molecule has 18 heavy (non-hydrogen) atoms. The van der Waals surface area contributed by atoms with Gasteiger partial charge in [-0.2, -0.15) is 0 Å². The molecule has 1 aliphatic heterocycles. The number of para-hydroxylation sites is 1. The van der Waals surface area contributed by atoms with Gasteiger partial charge in [0.1, 0.15) is 0 Å². The van der Waals surface area contributed by atoms with Crippen LogP contribution in [-0.2, 0) is 4.74 Å². The van der Waals surface area contributed by atoms with Gasteiger partial charge in [0.05, 0.1) is 30.0 Å². The lowest BCUT2D eigenvalue weighted by atomic mass is 10.2. The number of amides is 2. The normalized spacial score (nSPS) is 19.7. The van der Waals surface area contributed by atoms with Gasteiger partial charge in [-0.3, -0.25) is 0 Å². The van der Waals surface area contributed by atoms with Crippen LogP contribution >= 0.6 is 11.6 Å². The number of morpholine rings is 1. The van der Waals surface area contributed by atoms with Crippen LogP contribution in [0.3, 0.4) is 0 Å². The zero-order valence-electron chi connectivity index (χ0n) is 10.6. The van der Waals surface area contributed by atoms with E-state index >= 15 is 0 Å². The van der Waals surface area contributed by atoms with E-state index in [0.717, 1.165) is 5.56 Å². The molecule has 4 nitrogen and oxygen atoms in total. The van der Waals surface area contributed by atoms with Gasteiger partial charge in [-0.1, -0.05) is 23.7 Å². The summed E-state index contributed by atoms with van der Waals surface area (Å²) < 4.78 is 5.31. The van der Waals surface area contributed by atoms with Crippen LogP contribution in [0.15, 0.2) is 18.2 Å². The van der Waals surface area contributed by atoms with Crippen molar-refractivity contribution in [3.8, 4) is 0 Å². The first-order chi connectivity index (χ1) is 8.59. The third-order valence-electron chi connectivity index (χ3n) is 3.08. The summed E-state index contributed by atoms with van der Waals surface area (Å²) in [5.41, 5.74) is 1.64. The summed E-state index contributed by atoms with van der Waals surface area (Å²) >= 11 is 6.09. The highest BCUT2D eigenvalue weighted by Gasteiger charge is 2.24. The number of carbonyl (C=O) groups excluding carboxylic acids is 1. The van der Waals surface area contributed by atoms with Gasteiger partial charge in [0.15, 0.2) is 0 Å². The molecule has 1 aromatic rings. The lowest BCUT2D eigenvalue weighted by Gasteiger charge is -2.33. The Morgan fingerprint density at radius 3 is 3.00 bits per heavy atom. The maximum atomic E-state index is 12.2. The number of nitrogens with zero attached hydrogens (tertiary/aromatic N) is 1. The zero-order valence-corrected chi connectivity index (χ0v) is 11.3. The van der Waals surface area contributed by atoms with E-state index in [-0.39, 0.29) is 12.1 Å². The molecule has 1 atom stereocenters. The van der Waals surface area contributed by atoms with Crippen LogP contribution < -0.4 is 5.32 Å². The lowest BCUT2D eigenvalue weighted by molar-refractivity contribution is 0.0221. The van der Waals surface area contributed by atoms with Crippen molar-refractivity contribution in [3.05, 3.63) is 28.8 Å². The Morgan fingerprint density at radius 2 is 2.33 bits per heavy atom. The van der Waals surface area contributed by atoms with Crippen LogP contribution in [0.25, 0.3) is 0 Å². The number of halogens is 1. The Hall–Kier alpha value is -1.26. The summed E-state index contributed by atoms with van der Waals surface area (Å²) in [5, 5.41) is 3.44. The third-order valence-corrected chi connectivity index (χ3v) is 3.40. The second kappa shape index (κ2) is 5.59. The van der Waals surface area contributed by atoms with E-state index < -0.39 is 0 Å². The second-order valence-electron chi connectivity index (χ2n) is 4.48. The van der Waals surface area contributed by atoms with Crippen molar-refractivity contribution in [2.75, 3.05) is 25.1 Å². The fourth-order valence-corrected chi connectivity index (χ4v) is 2.27. The molecule has 2 rings (SSSR count). The third kappa shape index (κ3) is 2.76. The number of ether oxygens (including phenoxy) is 1. The Bertz CT molecular complexity index is 430. The first-order valence-corrected chi connectivity index (χ1v) is 6.38. The maximum Gasteiger partial charge on any atom is 0.322 e. The van der Waals surface area contributed by atoms with Crippen molar-refractivity contribution < 1.29 is 9.53 Å². The fraction of sp³-hybridized carbons (Fsp3) is 0.462. The summed E-state index contributed by atoms with van der Waals surface area (Å²) in [6.45, 7) is 5.66. The maximum absolute atomic E-state index is 12.2. The van der Waals surface area contributed by atoms with Gasteiger partial charge in [0.2, 0.25) is 0 Å². The van der Waals surface area contributed by atoms with E-state index in [0.29, 0.717) is 30.5 Å². The summed E-state index contributed by atoms with van der Waals surface area (Å²) in [6.07, 6.45) is 0. The molecule has 1 unspecified atom stereocenters. The van der Waals surface area contributed by atoms with E-state index in [9.17, 15) is 4.79 Å². The molecule has 0 radical (unpaired) electrons. The Balaban J connectivity index is 2.11. The lowest BCUT2D eigenvalue weighted by Crippen LogP contribution is -2.49. The van der Waals surface area contributed by atoms with E-state index in [1.165, 1.54) is 0 Å². The molecule has 1 aliphatic rings. The zero-order chi connectivity index (χ0) is 13.1. The van der Waals surface area contributed by atoms with Crippen LogP contribution in [0, 0.1) is 6.92 Å². The molecule has 0 aliphatic carbocycles. The predicted octanol–water partition coefficient (Wildman–Crippen LogP) is 2.90. The Labute approximate surface area is 112 Å². The minimum absolute atomic E-state index is 0.0848. The highest BCUT2D eigenvalue weighted by molar-refractivity contribution is 6.33. The first kappa shape index (κ1) is 13.2. The SMILES string of the molecule is Cc1cccc(Cl)c1NC(=O)N1CCOCC1C. The van der Waals surface area contributed by atoms with Crippen molar-refractivity contribution in [1.29, 1.82) is 0 Å². The van der Waals surface area contributed by atoms with Gasteiger partial charge < -0.3 is 15.0 Å². The standard InChI is InChI=1S/C13H17ClN2O2/c1-9-4-3-5-11(14)12(9)15-13(17)16-6-7-18-8-10(16)2/h3-5,10H,6-8H2,1-2H3,(H,15,17). The quantitative estimate of drug-likeness (QED) is 0.851. The number of hydrogen-bond acceptors (Lipinski definition) is 2. The van der Waals surface area contributed by atoms with Gasteiger partial charge in [-0.05, 0) is 25.5 Å². The molecule has 0 aromatic heterocycles. The van der Waals surface area contributed by atoms with Gasteiger partial charge in [0.25, 0.3) is 0 Å². The molecule has 1 aromatic carbocycles. The minimum atomic E-state index is -0.123. The van der Waals surface area contributed by atoms with Gasteiger partial charge >= 0.3 is 6.03 Å². The molecule has 1 heterocycles. The molecule has 0 saturated carbocycles. The molecule has 1 fully saturated rings. The monoisotopic (exact) mass is 268 g/mol. The van der Waals surface area contributed by atoms with E-state index in [1.807, 2.05) is 26.0 Å². The first-order valence-electron chi connectivity index (χ1n) is 6.00. The van der Waals surface area contributed by atoms with E-state index in [2.05, 4.69) is 5.32 Å². The van der Waals surface area contributed by atoms with Crippen LogP contribution in [0.1, 0.15) is 12.5 Å². The van der Waals surface area contributed by atoms with Crippen molar-refractivity contribution in [1.82, 2.24) is 4.90 Å². The second-order valence-corrected chi connectivity index (χ2v) is 4.89. The Morgan fingerprint density at radius 1 is 1.56 bits per heavy atom. The van der Waals surface area contributed by atoms with Crippen molar-refractivity contribution in [2.24, 2.45) is 0 Å². The summed E-state index contributed by atoms with van der Waals surface area (Å²) in [6, 6.07) is 5.52. The van der Waals surface area contributed by atoms with Gasteiger partial charge in [0, 0.05) is 6.54 Å². The number of benzene rings is 1. The summed E-state index contributed by atoms with van der Waals surface area (Å²) in [7, 11) is 0. The molecular formula is C13H17ClN2O2. The predicted molar refractivity (Wildman–Crippen MR) is 72.2 cm³/mol. The number of nitrogens with one attached hydrogen (secondary N) is 1. The average Bonchev–Trinajstić information content (AvgIpc) is 2.34. The van der Waals surface area contributed by atoms with E-state index in [1.54, 1.807) is 11.0 Å². The number of anilines is 1. The number of urea groups is 1. The minimum Gasteiger partial charge on any atom is -0.377 e. The van der Waals surface area contributed by atoms with Crippen molar-refractivity contribution >= 4 is 23.3 Å². The number of hydrogen-bond donors (Lipinski definition) is 1. The van der Waals surface area contributed by atoms with Crippen molar-refractivity contribution in [3.63, 3.8) is 0 Å². The molecule has 2 amide bonds. The summed E-state index contributed by atoms with van der Waals surface area (Å²) in [5.74, 6) is 0. The van der Waals surface area contributed by atoms with Gasteiger partial charge in [-0.25, -0.2) is 4.79 Å². The van der Waals surface area contributed by atoms with Crippen molar-refractivity contribution in [2.45, 2.75) is 19.9 Å². The highest BCUT2D eigenvalue weighted by atomic mass is 35.5. The van der Waals surface area contributed by atoms with Crippen LogP contribution in [-0.4, -0.2) is 36.7 Å². The fourth-order valence-electron chi connectivity index (χ4n) is 2.00. The topological polar surface area (TPSA) is 41.6 Å². The number of rotatable bonds is 1. The highest BCUT2D eigenvalue weighted by Crippen LogP contribution is 2.25. The number of carbonyl (C=O) groups is 1. The molecule has 98 valence electrons. The molecule has 5 heteroatoms. The summed E-state index contributed by atoms with van der Waals surface area (Å²) in [4.78, 5) is 14.0. The number of aryl methyl sites for hydroxylation is 1. The van der Waals surface area contributed by atoms with Crippen LogP contribution in [0.5, 0.6) is 0 Å².